The second kappa shape index (κ2) is 6.28. The summed E-state index contributed by atoms with van der Waals surface area (Å²) in [6.07, 6.45) is 6.40. The molecule has 1 saturated carbocycles. The molecule has 2 fully saturated rings. The van der Waals surface area contributed by atoms with E-state index in [0.29, 0.717) is 23.8 Å². The number of anilines is 1. The van der Waals surface area contributed by atoms with E-state index in [0.717, 1.165) is 12.5 Å². The van der Waals surface area contributed by atoms with Crippen LogP contribution in [0, 0.1) is 17.2 Å². The molecule has 1 aromatic carbocycles. The molecular weight excluding hydrogens is 262 g/mol. The van der Waals surface area contributed by atoms with E-state index in [1.54, 1.807) is 18.2 Å². The number of nitrogens with one attached hydrogen (secondary N) is 1. The largest absolute Gasteiger partial charge is 0.325 e. The van der Waals surface area contributed by atoms with Crippen LogP contribution in [0.25, 0.3) is 0 Å². The summed E-state index contributed by atoms with van der Waals surface area (Å²) in [5.41, 5.74) is 1.28. The Hall–Kier alpha value is -1.86. The maximum absolute atomic E-state index is 12.2. The SMILES string of the molecule is N#Cc1cccc(NC(=O)CN2CCCC3CCCC32)c1. The Balaban J connectivity index is 1.59. The zero-order valence-electron chi connectivity index (χ0n) is 12.2. The van der Waals surface area contributed by atoms with E-state index in [4.69, 9.17) is 5.26 Å². The van der Waals surface area contributed by atoms with Crippen molar-refractivity contribution in [1.29, 1.82) is 5.26 Å². The molecule has 0 radical (unpaired) electrons. The summed E-state index contributed by atoms with van der Waals surface area (Å²) in [5.74, 6) is 0.825. The van der Waals surface area contributed by atoms with Crippen molar-refractivity contribution in [1.82, 2.24) is 4.90 Å². The zero-order valence-corrected chi connectivity index (χ0v) is 12.2. The summed E-state index contributed by atoms with van der Waals surface area (Å²) in [6.45, 7) is 1.50. The Kier molecular flexibility index (Phi) is 4.21. The van der Waals surface area contributed by atoms with E-state index in [9.17, 15) is 4.79 Å². The number of likely N-dealkylation sites (tertiary alicyclic amines) is 1. The van der Waals surface area contributed by atoms with Crippen LogP contribution in [-0.4, -0.2) is 29.9 Å². The number of benzene rings is 1. The number of carbonyl (C=O) groups excluding carboxylic acids is 1. The smallest absolute Gasteiger partial charge is 0.238 e. The summed E-state index contributed by atoms with van der Waals surface area (Å²) in [4.78, 5) is 14.6. The molecule has 1 aromatic rings. The van der Waals surface area contributed by atoms with Crippen LogP contribution < -0.4 is 5.32 Å². The van der Waals surface area contributed by atoms with E-state index < -0.39 is 0 Å². The molecule has 0 spiro atoms. The quantitative estimate of drug-likeness (QED) is 0.928. The highest BCUT2D eigenvalue weighted by Crippen LogP contribution is 2.36. The molecule has 4 heteroatoms. The van der Waals surface area contributed by atoms with Crippen LogP contribution >= 0.6 is 0 Å². The molecule has 110 valence electrons. The van der Waals surface area contributed by atoms with Crippen molar-refractivity contribution in [3.05, 3.63) is 29.8 Å². The summed E-state index contributed by atoms with van der Waals surface area (Å²) in [6, 6.07) is 9.77. The third-order valence-electron chi connectivity index (χ3n) is 4.73. The van der Waals surface area contributed by atoms with Crippen molar-refractivity contribution in [2.24, 2.45) is 5.92 Å². The van der Waals surface area contributed by atoms with Gasteiger partial charge in [-0.2, -0.15) is 5.26 Å². The van der Waals surface area contributed by atoms with Crippen LogP contribution in [-0.2, 0) is 4.79 Å². The van der Waals surface area contributed by atoms with Crippen molar-refractivity contribution in [3.63, 3.8) is 0 Å². The minimum atomic E-state index is 0.0256. The molecule has 21 heavy (non-hydrogen) atoms. The Morgan fingerprint density at radius 2 is 2.19 bits per heavy atom. The number of rotatable bonds is 3. The van der Waals surface area contributed by atoms with Gasteiger partial charge in [-0.3, -0.25) is 9.69 Å². The molecule has 1 aliphatic carbocycles. The van der Waals surface area contributed by atoms with Crippen LogP contribution in [0.2, 0.25) is 0 Å². The molecule has 1 N–H and O–H groups in total. The number of piperidine rings is 1. The van der Waals surface area contributed by atoms with Gasteiger partial charge in [-0.05, 0) is 56.3 Å². The first kappa shape index (κ1) is 14.1. The fraction of sp³-hybridized carbons (Fsp3) is 0.529. The van der Waals surface area contributed by atoms with Crippen molar-refractivity contribution in [2.45, 2.75) is 38.1 Å². The summed E-state index contributed by atoms with van der Waals surface area (Å²) >= 11 is 0. The lowest BCUT2D eigenvalue weighted by Gasteiger charge is -2.37. The number of hydrogen-bond acceptors (Lipinski definition) is 3. The van der Waals surface area contributed by atoms with E-state index in [1.807, 2.05) is 6.07 Å². The first-order chi connectivity index (χ1) is 10.3. The molecule has 2 unspecified atom stereocenters. The Labute approximate surface area is 125 Å². The molecule has 4 nitrogen and oxygen atoms in total. The average molecular weight is 283 g/mol. The fourth-order valence-corrected chi connectivity index (χ4v) is 3.80. The topological polar surface area (TPSA) is 56.1 Å². The predicted octanol–water partition coefficient (Wildman–Crippen LogP) is 2.76. The highest BCUT2D eigenvalue weighted by atomic mass is 16.2. The maximum Gasteiger partial charge on any atom is 0.238 e. The average Bonchev–Trinajstić information content (AvgIpc) is 2.97. The predicted molar refractivity (Wildman–Crippen MR) is 81.7 cm³/mol. The van der Waals surface area contributed by atoms with E-state index in [-0.39, 0.29) is 5.91 Å². The Morgan fingerprint density at radius 3 is 3.05 bits per heavy atom. The van der Waals surface area contributed by atoms with Gasteiger partial charge in [-0.25, -0.2) is 0 Å². The van der Waals surface area contributed by atoms with Gasteiger partial charge in [0.15, 0.2) is 0 Å². The van der Waals surface area contributed by atoms with Gasteiger partial charge >= 0.3 is 0 Å². The Morgan fingerprint density at radius 1 is 1.33 bits per heavy atom. The minimum absolute atomic E-state index is 0.0256. The summed E-state index contributed by atoms with van der Waals surface area (Å²) in [7, 11) is 0. The van der Waals surface area contributed by atoms with Crippen molar-refractivity contribution in [3.8, 4) is 6.07 Å². The lowest BCUT2D eigenvalue weighted by molar-refractivity contribution is -0.118. The molecule has 2 aliphatic rings. The number of fused-ring (bicyclic) bond motifs is 1. The van der Waals surface area contributed by atoms with Gasteiger partial charge in [-0.1, -0.05) is 12.5 Å². The van der Waals surface area contributed by atoms with Crippen molar-refractivity contribution in [2.75, 3.05) is 18.4 Å². The molecule has 0 bridgehead atoms. The van der Waals surface area contributed by atoms with Crippen LogP contribution in [0.4, 0.5) is 5.69 Å². The molecule has 1 aliphatic heterocycles. The van der Waals surface area contributed by atoms with Gasteiger partial charge in [-0.15, -0.1) is 0 Å². The molecule has 1 saturated heterocycles. The number of hydrogen-bond donors (Lipinski definition) is 1. The minimum Gasteiger partial charge on any atom is -0.325 e. The first-order valence-electron chi connectivity index (χ1n) is 7.80. The standard InChI is InChI=1S/C17H21N3O/c18-11-13-4-1-7-15(10-13)19-17(21)12-20-9-3-6-14-5-2-8-16(14)20/h1,4,7,10,14,16H,2-3,5-6,8-9,12H2,(H,19,21). The third kappa shape index (κ3) is 3.25. The van der Waals surface area contributed by atoms with Gasteiger partial charge in [0.25, 0.3) is 0 Å². The van der Waals surface area contributed by atoms with Crippen LogP contribution in [0.5, 0.6) is 0 Å². The van der Waals surface area contributed by atoms with Crippen molar-refractivity contribution >= 4 is 11.6 Å². The first-order valence-corrected chi connectivity index (χ1v) is 7.80. The molecule has 0 aromatic heterocycles. The normalized spacial score (nSPS) is 25.1. The molecule has 1 heterocycles. The van der Waals surface area contributed by atoms with Crippen molar-refractivity contribution < 1.29 is 4.79 Å². The highest BCUT2D eigenvalue weighted by molar-refractivity contribution is 5.92. The lowest BCUT2D eigenvalue weighted by atomic mass is 9.92. The number of carbonyl (C=O) groups is 1. The fourth-order valence-electron chi connectivity index (χ4n) is 3.80. The second-order valence-corrected chi connectivity index (χ2v) is 6.11. The van der Waals surface area contributed by atoms with E-state index in [2.05, 4.69) is 16.3 Å². The van der Waals surface area contributed by atoms with Gasteiger partial charge < -0.3 is 5.32 Å². The maximum atomic E-state index is 12.2. The van der Waals surface area contributed by atoms with Gasteiger partial charge in [0, 0.05) is 11.7 Å². The second-order valence-electron chi connectivity index (χ2n) is 6.11. The van der Waals surface area contributed by atoms with Crippen LogP contribution in [0.3, 0.4) is 0 Å². The summed E-state index contributed by atoms with van der Waals surface area (Å²) in [5, 5.41) is 11.8. The Bertz CT molecular complexity index is 563. The molecule has 1 amide bonds. The van der Waals surface area contributed by atoms with Gasteiger partial charge in [0.1, 0.15) is 0 Å². The zero-order chi connectivity index (χ0) is 14.7. The molecular formula is C17H21N3O. The number of nitriles is 1. The number of amides is 1. The van der Waals surface area contributed by atoms with E-state index >= 15 is 0 Å². The van der Waals surface area contributed by atoms with Crippen LogP contribution in [0.15, 0.2) is 24.3 Å². The van der Waals surface area contributed by atoms with E-state index in [1.165, 1.54) is 32.1 Å². The summed E-state index contributed by atoms with van der Waals surface area (Å²) < 4.78 is 0. The van der Waals surface area contributed by atoms with Crippen LogP contribution in [0.1, 0.15) is 37.7 Å². The highest BCUT2D eigenvalue weighted by Gasteiger charge is 2.35. The van der Waals surface area contributed by atoms with Gasteiger partial charge in [0.05, 0.1) is 18.2 Å². The van der Waals surface area contributed by atoms with Gasteiger partial charge in [0.2, 0.25) is 5.91 Å². The number of nitrogens with zero attached hydrogens (tertiary/aromatic N) is 2. The molecule has 3 rings (SSSR count). The monoisotopic (exact) mass is 283 g/mol. The third-order valence-corrected chi connectivity index (χ3v) is 4.73. The molecule has 2 atom stereocenters. The lowest BCUT2D eigenvalue weighted by Crippen LogP contribution is -2.46.